The number of rotatable bonds is 7. The number of hydrogen-bond acceptors (Lipinski definition) is 9. The number of carboxylic acids is 1. The number of anilines is 3. The summed E-state index contributed by atoms with van der Waals surface area (Å²) in [4.78, 5) is 22.4. The highest BCUT2D eigenvalue weighted by Crippen LogP contribution is 2.59. The van der Waals surface area contributed by atoms with E-state index in [0.29, 0.717) is 0 Å². The molecule has 6 aromatic heterocycles. The first-order valence-corrected chi connectivity index (χ1v) is 22.0. The van der Waals surface area contributed by atoms with Crippen LogP contribution in [-0.2, 0) is 10.2 Å². The Kier molecular flexibility index (Phi) is 8.20. The molecule has 0 amide bonds. The van der Waals surface area contributed by atoms with Gasteiger partial charge >= 0.3 is 5.97 Å². The first-order valence-electron chi connectivity index (χ1n) is 17.1. The summed E-state index contributed by atoms with van der Waals surface area (Å²) in [6, 6.07) is 28.3. The van der Waals surface area contributed by atoms with Gasteiger partial charge in [-0.15, -0.1) is 68.0 Å². The largest absolute Gasteiger partial charge is 0.477 e. The molecule has 0 radical (unpaired) electrons. The fourth-order valence-corrected chi connectivity index (χ4v) is 15.8. The average Bonchev–Trinajstić information content (AvgIpc) is 3.97. The Morgan fingerprint density at radius 2 is 1.26 bits per heavy atom. The van der Waals surface area contributed by atoms with Crippen LogP contribution in [0.1, 0.15) is 52.1 Å². The lowest BCUT2D eigenvalue weighted by atomic mass is 9.83. The molecular weight excluding hydrogens is 769 g/mol. The summed E-state index contributed by atoms with van der Waals surface area (Å²) in [5, 5.41) is 19.9. The minimum atomic E-state index is -1.20. The van der Waals surface area contributed by atoms with Crippen LogP contribution < -0.4 is 4.90 Å². The summed E-state index contributed by atoms with van der Waals surface area (Å²) < 4.78 is 5.54. The van der Waals surface area contributed by atoms with E-state index >= 15 is 0 Å². The third kappa shape index (κ3) is 5.48. The van der Waals surface area contributed by atoms with Crippen LogP contribution in [0.5, 0.6) is 0 Å². The van der Waals surface area contributed by atoms with Gasteiger partial charge in [-0.3, -0.25) is 0 Å². The van der Waals surface area contributed by atoms with Crippen LogP contribution >= 0.6 is 68.0 Å². The zero-order chi connectivity index (χ0) is 36.9. The SMILES string of the molecule is Cc1cccc(N(c2cccc(C)c2)c2ccc(-c3sc4c(sc5c(C)c(-c6cc7c(s6)-c6sc(C=C(C#N)C(=O)O)cc6C7(C)C)sc54)c3C)s2)c1. The van der Waals surface area contributed by atoms with Gasteiger partial charge in [0, 0.05) is 50.9 Å². The monoisotopic (exact) mass is 800 g/mol. The molecule has 0 spiro atoms. The third-order valence-electron chi connectivity index (χ3n) is 10.0. The Bertz CT molecular complexity index is 2830. The van der Waals surface area contributed by atoms with Crippen molar-refractivity contribution < 1.29 is 9.90 Å². The maximum atomic E-state index is 11.5. The predicted molar refractivity (Wildman–Crippen MR) is 232 cm³/mol. The molecule has 1 N–H and O–H groups in total. The first kappa shape index (κ1) is 34.4. The number of hydrogen-bond donors (Lipinski definition) is 1. The molecule has 0 unspecified atom stereocenters. The Hall–Kier alpha value is -4.34. The molecule has 1 aliphatic rings. The molecule has 0 aliphatic heterocycles. The van der Waals surface area contributed by atoms with Crippen molar-refractivity contribution in [2.24, 2.45) is 0 Å². The van der Waals surface area contributed by atoms with Gasteiger partial charge in [0.05, 0.1) is 18.8 Å². The molecule has 0 bridgehead atoms. The molecule has 6 heterocycles. The molecule has 262 valence electrons. The number of carbonyl (C=O) groups is 1. The quantitative estimate of drug-likeness (QED) is 0.129. The number of benzene rings is 2. The van der Waals surface area contributed by atoms with Crippen LogP contribution in [0.3, 0.4) is 0 Å². The van der Waals surface area contributed by atoms with Gasteiger partial charge in [-0.25, -0.2) is 4.79 Å². The number of nitriles is 1. The zero-order valence-corrected chi connectivity index (χ0v) is 34.6. The van der Waals surface area contributed by atoms with Gasteiger partial charge in [-0.1, -0.05) is 38.1 Å². The minimum Gasteiger partial charge on any atom is -0.477 e. The van der Waals surface area contributed by atoms with Crippen molar-refractivity contribution in [2.75, 3.05) is 4.90 Å². The second-order valence-corrected chi connectivity index (χ2v) is 20.3. The van der Waals surface area contributed by atoms with Crippen molar-refractivity contribution in [1.29, 1.82) is 5.26 Å². The molecule has 53 heavy (non-hydrogen) atoms. The smallest absolute Gasteiger partial charge is 0.346 e. The Balaban J connectivity index is 1.09. The molecule has 2 aromatic carbocycles. The lowest BCUT2D eigenvalue weighted by Crippen LogP contribution is -2.13. The summed E-state index contributed by atoms with van der Waals surface area (Å²) in [6.45, 7) is 13.3. The van der Waals surface area contributed by atoms with Crippen molar-refractivity contribution in [3.63, 3.8) is 0 Å². The van der Waals surface area contributed by atoms with E-state index in [1.807, 2.05) is 62.8 Å². The van der Waals surface area contributed by atoms with Crippen molar-refractivity contribution >= 4 is 115 Å². The van der Waals surface area contributed by atoms with Crippen molar-refractivity contribution in [3.05, 3.63) is 117 Å². The highest BCUT2D eigenvalue weighted by atomic mass is 32.1. The first-order chi connectivity index (χ1) is 25.4. The third-order valence-corrected chi connectivity index (χ3v) is 18.3. The molecule has 4 nitrogen and oxygen atoms in total. The molecule has 0 saturated carbocycles. The van der Waals surface area contributed by atoms with Crippen LogP contribution in [-0.4, -0.2) is 11.1 Å². The molecule has 0 saturated heterocycles. The Morgan fingerprint density at radius 1 is 0.679 bits per heavy atom. The summed E-state index contributed by atoms with van der Waals surface area (Å²) in [5.74, 6) is -1.20. The van der Waals surface area contributed by atoms with E-state index in [1.165, 1.54) is 92.5 Å². The molecule has 10 heteroatoms. The zero-order valence-electron chi connectivity index (χ0n) is 29.7. The van der Waals surface area contributed by atoms with Crippen molar-refractivity contribution in [1.82, 2.24) is 0 Å². The van der Waals surface area contributed by atoms with Crippen molar-refractivity contribution in [3.8, 4) is 35.3 Å². The van der Waals surface area contributed by atoms with E-state index in [9.17, 15) is 15.2 Å². The normalized spacial score (nSPS) is 13.5. The summed E-state index contributed by atoms with van der Waals surface area (Å²) >= 11 is 11.0. The van der Waals surface area contributed by atoms with Crippen LogP contribution in [0.4, 0.5) is 16.4 Å². The van der Waals surface area contributed by atoms with E-state index in [0.717, 1.165) is 16.3 Å². The predicted octanol–water partition coefficient (Wildman–Crippen LogP) is 14.7. The van der Waals surface area contributed by atoms with Gasteiger partial charge in [-0.2, -0.15) is 5.26 Å². The molecule has 9 rings (SSSR count). The van der Waals surface area contributed by atoms with Gasteiger partial charge in [0.2, 0.25) is 0 Å². The van der Waals surface area contributed by atoms with E-state index in [4.69, 9.17) is 0 Å². The molecular formula is C43H32N2O2S6. The molecule has 8 aromatic rings. The van der Waals surface area contributed by atoms with Gasteiger partial charge in [0.25, 0.3) is 0 Å². The fourth-order valence-electron chi connectivity index (χ4n) is 7.30. The van der Waals surface area contributed by atoms with Gasteiger partial charge in [-0.05, 0) is 116 Å². The van der Waals surface area contributed by atoms with Crippen LogP contribution in [0.25, 0.3) is 54.1 Å². The van der Waals surface area contributed by atoms with E-state index < -0.39 is 5.97 Å². The van der Waals surface area contributed by atoms with Crippen molar-refractivity contribution in [2.45, 2.75) is 47.0 Å². The lowest BCUT2D eigenvalue weighted by Gasteiger charge is -2.24. The summed E-state index contributed by atoms with van der Waals surface area (Å²) in [7, 11) is 0. The Morgan fingerprint density at radius 3 is 1.85 bits per heavy atom. The van der Waals surface area contributed by atoms with Gasteiger partial charge in [0.15, 0.2) is 0 Å². The molecule has 1 aliphatic carbocycles. The summed E-state index contributed by atoms with van der Waals surface area (Å²) in [5.41, 5.74) is 9.59. The average molecular weight is 801 g/mol. The van der Waals surface area contributed by atoms with Crippen LogP contribution in [0, 0.1) is 39.0 Å². The second kappa shape index (κ2) is 12.6. The van der Waals surface area contributed by atoms with Crippen LogP contribution in [0.2, 0.25) is 0 Å². The minimum absolute atomic E-state index is 0.207. The van der Waals surface area contributed by atoms with E-state index in [1.54, 1.807) is 11.3 Å². The highest BCUT2D eigenvalue weighted by Gasteiger charge is 2.40. The number of aliphatic carboxylic acids is 1. The number of thiophene rings is 6. The number of nitrogens with zero attached hydrogens (tertiary/aromatic N) is 2. The fraction of sp³-hybridized carbons (Fsp3) is 0.163. The second-order valence-electron chi connectivity index (χ2n) is 14.0. The Labute approximate surface area is 331 Å². The standard InChI is InChI=1S/C43H32N2O2S6/c1-21-9-7-11-26(15-21)45(27-12-8-10-22(2)16-27)33-14-13-31(49-33)34-23(3)36-40(51-34)41-37(53-36)24(4)35(52-41)32-19-30-39(50-32)38-29(43(30,5)6)18-28(48-38)17-25(20-44)42(46)47/h7-19H,1-6H3,(H,46,47). The summed E-state index contributed by atoms with van der Waals surface area (Å²) in [6.07, 6.45) is 1.50. The number of fused-ring (bicyclic) bond motifs is 6. The topological polar surface area (TPSA) is 64.3 Å². The number of aryl methyl sites for hydroxylation is 4. The number of carboxylic acid groups (broad SMARTS) is 1. The highest BCUT2D eigenvalue weighted by molar-refractivity contribution is 7.41. The maximum Gasteiger partial charge on any atom is 0.346 e. The van der Waals surface area contributed by atoms with Gasteiger partial charge < -0.3 is 10.0 Å². The van der Waals surface area contributed by atoms with Crippen LogP contribution in [0.15, 0.2) is 78.4 Å². The molecule has 0 atom stereocenters. The van der Waals surface area contributed by atoms with E-state index in [-0.39, 0.29) is 11.0 Å². The van der Waals surface area contributed by atoms with E-state index in [2.05, 4.69) is 119 Å². The van der Waals surface area contributed by atoms with Gasteiger partial charge in [0.1, 0.15) is 16.6 Å². The molecule has 0 fully saturated rings. The lowest BCUT2D eigenvalue weighted by molar-refractivity contribution is -0.132. The maximum absolute atomic E-state index is 11.5.